The second kappa shape index (κ2) is 10.6. The molecule has 0 saturated carbocycles. The number of hydrogen-bond acceptors (Lipinski definition) is 3. The lowest BCUT2D eigenvalue weighted by Crippen LogP contribution is -2.12. The predicted molar refractivity (Wildman–Crippen MR) is 177 cm³/mol. The number of rotatable bonds is 5. The van der Waals surface area contributed by atoms with Gasteiger partial charge in [-0.05, 0) is 57.3 Å². The van der Waals surface area contributed by atoms with Gasteiger partial charge in [-0.15, -0.1) is 0 Å². The zero-order valence-electron chi connectivity index (χ0n) is 23.4. The molecule has 0 saturated heterocycles. The largest absolute Gasteiger partial charge is 0.464 e. The second-order valence-electron chi connectivity index (χ2n) is 10.8. The number of nitrogens with zero attached hydrogens (tertiary/aromatic N) is 1. The molecule has 1 N–H and O–H groups in total. The molecule has 1 aliphatic heterocycles. The highest BCUT2D eigenvalue weighted by atomic mass is 16.5. The number of aromatic nitrogens is 1. The van der Waals surface area contributed by atoms with Gasteiger partial charge in [-0.1, -0.05) is 133 Å². The molecule has 6 aromatic carbocycles. The Hall–Kier alpha value is -5.67. The van der Waals surface area contributed by atoms with Crippen LogP contribution in [-0.2, 0) is 0 Å². The van der Waals surface area contributed by atoms with Crippen molar-refractivity contribution in [2.45, 2.75) is 6.23 Å². The second-order valence-corrected chi connectivity index (χ2v) is 10.8. The molecule has 0 bridgehead atoms. The molecule has 43 heavy (non-hydrogen) atoms. The SMILES string of the molecule is c1ccc(-c2cc(-c3ccccc3)nc(-c3ccccc3-c3c(C4Nc5ccccc5O4)ccc4ccccc34)c2)cc1. The molecule has 1 unspecified atom stereocenters. The number of nitrogens with one attached hydrogen (secondary N) is 1. The maximum atomic E-state index is 6.48. The highest BCUT2D eigenvalue weighted by Gasteiger charge is 2.27. The van der Waals surface area contributed by atoms with Gasteiger partial charge in [0.25, 0.3) is 0 Å². The number of benzene rings is 6. The van der Waals surface area contributed by atoms with Crippen molar-refractivity contribution in [2.24, 2.45) is 0 Å². The molecule has 204 valence electrons. The summed E-state index contributed by atoms with van der Waals surface area (Å²) in [4.78, 5) is 5.28. The highest BCUT2D eigenvalue weighted by Crippen LogP contribution is 2.45. The maximum absolute atomic E-state index is 6.48. The smallest absolute Gasteiger partial charge is 0.197 e. The third-order valence-electron chi connectivity index (χ3n) is 8.14. The zero-order valence-corrected chi connectivity index (χ0v) is 23.4. The molecule has 0 radical (unpaired) electrons. The summed E-state index contributed by atoms with van der Waals surface area (Å²) in [6.45, 7) is 0. The molecule has 0 spiro atoms. The van der Waals surface area contributed by atoms with Crippen LogP contribution in [0.15, 0.2) is 158 Å². The zero-order chi connectivity index (χ0) is 28.6. The number of hydrogen-bond donors (Lipinski definition) is 1. The Morgan fingerprint density at radius 1 is 0.512 bits per heavy atom. The van der Waals surface area contributed by atoms with Gasteiger partial charge >= 0.3 is 0 Å². The lowest BCUT2D eigenvalue weighted by atomic mass is 9.88. The number of para-hydroxylation sites is 2. The Balaban J connectivity index is 1.36. The van der Waals surface area contributed by atoms with E-state index in [1.165, 1.54) is 10.8 Å². The molecule has 1 aromatic heterocycles. The Morgan fingerprint density at radius 2 is 1.16 bits per heavy atom. The van der Waals surface area contributed by atoms with Crippen molar-refractivity contribution in [3.05, 3.63) is 163 Å². The van der Waals surface area contributed by atoms with E-state index in [0.29, 0.717) is 0 Å². The number of fused-ring (bicyclic) bond motifs is 2. The van der Waals surface area contributed by atoms with Gasteiger partial charge in [0.15, 0.2) is 6.23 Å². The van der Waals surface area contributed by atoms with Crippen LogP contribution >= 0.6 is 0 Å². The Labute approximate surface area is 251 Å². The molecule has 1 aliphatic rings. The Kier molecular flexibility index (Phi) is 6.20. The number of anilines is 1. The Bertz CT molecular complexity index is 2000. The van der Waals surface area contributed by atoms with Crippen LogP contribution in [0, 0.1) is 0 Å². The van der Waals surface area contributed by atoms with E-state index in [4.69, 9.17) is 9.72 Å². The lowest BCUT2D eigenvalue weighted by Gasteiger charge is -2.21. The molecular formula is C40H28N2O. The fourth-order valence-electron chi connectivity index (χ4n) is 6.08. The minimum Gasteiger partial charge on any atom is -0.464 e. The minimum absolute atomic E-state index is 0.312. The standard InChI is InChI=1S/C40H28N2O/c1-3-13-27(14-4-1)30-25-36(29-16-5-2-6-17-29)41-37(26-30)32-19-9-10-20-33(32)39-31-18-8-7-15-28(31)23-24-34(39)40-42-35-21-11-12-22-38(35)43-40/h1-26,40,42H. The van der Waals surface area contributed by atoms with Gasteiger partial charge in [0.1, 0.15) is 5.75 Å². The van der Waals surface area contributed by atoms with Gasteiger partial charge in [0, 0.05) is 16.7 Å². The van der Waals surface area contributed by atoms with Gasteiger partial charge < -0.3 is 10.1 Å². The molecule has 0 fully saturated rings. The van der Waals surface area contributed by atoms with Gasteiger partial charge in [0.05, 0.1) is 17.1 Å². The van der Waals surface area contributed by atoms with E-state index in [2.05, 4.69) is 139 Å². The summed E-state index contributed by atoms with van der Waals surface area (Å²) in [7, 11) is 0. The van der Waals surface area contributed by atoms with Crippen LogP contribution in [0.2, 0.25) is 0 Å². The van der Waals surface area contributed by atoms with E-state index in [1.807, 2.05) is 24.3 Å². The first kappa shape index (κ1) is 25.1. The molecule has 2 heterocycles. The summed E-state index contributed by atoms with van der Waals surface area (Å²) >= 11 is 0. The van der Waals surface area contributed by atoms with Crippen LogP contribution in [0.4, 0.5) is 5.69 Å². The van der Waals surface area contributed by atoms with Crippen LogP contribution in [0.5, 0.6) is 5.75 Å². The van der Waals surface area contributed by atoms with Gasteiger partial charge in [-0.2, -0.15) is 0 Å². The first-order chi connectivity index (χ1) is 21.3. The summed E-state index contributed by atoms with van der Waals surface area (Å²) < 4.78 is 6.48. The van der Waals surface area contributed by atoms with Crippen molar-refractivity contribution >= 4 is 16.5 Å². The summed E-state index contributed by atoms with van der Waals surface area (Å²) in [5, 5.41) is 5.97. The van der Waals surface area contributed by atoms with Crippen molar-refractivity contribution in [1.29, 1.82) is 0 Å². The molecular weight excluding hydrogens is 524 g/mol. The molecule has 3 heteroatoms. The predicted octanol–water partition coefficient (Wildman–Crippen LogP) is 10.4. The first-order valence-electron chi connectivity index (χ1n) is 14.6. The van der Waals surface area contributed by atoms with E-state index in [1.54, 1.807) is 0 Å². The first-order valence-corrected chi connectivity index (χ1v) is 14.6. The van der Waals surface area contributed by atoms with Gasteiger partial charge in [-0.3, -0.25) is 0 Å². The van der Waals surface area contributed by atoms with Crippen LogP contribution in [-0.4, -0.2) is 4.98 Å². The van der Waals surface area contributed by atoms with E-state index < -0.39 is 0 Å². The maximum Gasteiger partial charge on any atom is 0.197 e. The highest BCUT2D eigenvalue weighted by molar-refractivity contribution is 6.02. The van der Waals surface area contributed by atoms with Gasteiger partial charge in [-0.25, -0.2) is 4.98 Å². The van der Waals surface area contributed by atoms with Crippen molar-refractivity contribution in [3.8, 4) is 50.5 Å². The van der Waals surface area contributed by atoms with Crippen LogP contribution in [0.25, 0.3) is 55.5 Å². The summed E-state index contributed by atoms with van der Waals surface area (Å²) in [6, 6.07) is 55.0. The van der Waals surface area contributed by atoms with Crippen LogP contribution in [0.3, 0.4) is 0 Å². The van der Waals surface area contributed by atoms with E-state index in [-0.39, 0.29) is 6.23 Å². The summed E-state index contributed by atoms with van der Waals surface area (Å²) in [6.07, 6.45) is -0.312. The Morgan fingerprint density at radius 3 is 1.98 bits per heavy atom. The normalized spacial score (nSPS) is 13.7. The monoisotopic (exact) mass is 552 g/mol. The quantitative estimate of drug-likeness (QED) is 0.231. The molecule has 3 nitrogen and oxygen atoms in total. The average molecular weight is 553 g/mol. The molecule has 0 aliphatic carbocycles. The third kappa shape index (κ3) is 4.61. The van der Waals surface area contributed by atoms with Crippen molar-refractivity contribution in [2.75, 3.05) is 5.32 Å². The molecule has 0 amide bonds. The van der Waals surface area contributed by atoms with E-state index >= 15 is 0 Å². The molecule has 1 atom stereocenters. The van der Waals surface area contributed by atoms with Crippen LogP contribution in [0.1, 0.15) is 11.8 Å². The van der Waals surface area contributed by atoms with Crippen molar-refractivity contribution in [1.82, 2.24) is 4.98 Å². The molecule has 7 aromatic rings. The summed E-state index contributed by atoms with van der Waals surface area (Å²) in [5.74, 6) is 0.865. The van der Waals surface area contributed by atoms with E-state index in [9.17, 15) is 0 Å². The number of pyridine rings is 1. The lowest BCUT2D eigenvalue weighted by molar-refractivity contribution is 0.260. The number of ether oxygens (including phenoxy) is 1. The average Bonchev–Trinajstić information content (AvgIpc) is 3.53. The van der Waals surface area contributed by atoms with Crippen LogP contribution < -0.4 is 10.1 Å². The fraction of sp³-hybridized carbons (Fsp3) is 0.0250. The fourth-order valence-corrected chi connectivity index (χ4v) is 6.08. The summed E-state index contributed by atoms with van der Waals surface area (Å²) in [5.41, 5.74) is 10.7. The van der Waals surface area contributed by atoms with E-state index in [0.717, 1.165) is 61.8 Å². The topological polar surface area (TPSA) is 34.2 Å². The molecule has 8 rings (SSSR count). The van der Waals surface area contributed by atoms with Crippen molar-refractivity contribution < 1.29 is 4.74 Å². The van der Waals surface area contributed by atoms with Gasteiger partial charge in [0.2, 0.25) is 0 Å². The third-order valence-corrected chi connectivity index (χ3v) is 8.14. The van der Waals surface area contributed by atoms with Crippen molar-refractivity contribution in [3.63, 3.8) is 0 Å². The minimum atomic E-state index is -0.312.